The van der Waals surface area contributed by atoms with E-state index in [1.165, 1.54) is 0 Å². The second kappa shape index (κ2) is 16.3. The molecule has 4 heteroatoms. The van der Waals surface area contributed by atoms with Gasteiger partial charge in [0.2, 0.25) is 0 Å². The minimum atomic E-state index is 0.526. The molecule has 0 aliphatic rings. The molecule has 6 rings (SSSR count). The zero-order valence-electron chi connectivity index (χ0n) is 26.1. The van der Waals surface area contributed by atoms with Crippen molar-refractivity contribution in [2.75, 3.05) is 5.01 Å². The molecule has 0 atom stereocenters. The third-order valence-corrected chi connectivity index (χ3v) is 7.47. The van der Waals surface area contributed by atoms with E-state index < -0.39 is 0 Å². The van der Waals surface area contributed by atoms with Crippen molar-refractivity contribution in [3.05, 3.63) is 210 Å². The molecule has 0 aliphatic carbocycles. The van der Waals surface area contributed by atoms with E-state index in [2.05, 4.69) is 54.6 Å². The molecule has 0 saturated carbocycles. The summed E-state index contributed by atoms with van der Waals surface area (Å²) in [7, 11) is 0. The lowest BCUT2D eigenvalue weighted by atomic mass is 9.97. The maximum Gasteiger partial charge on any atom is 0.119 e. The van der Waals surface area contributed by atoms with Gasteiger partial charge in [-0.2, -0.15) is 5.10 Å². The Hall–Kier alpha value is -6.13. The molecule has 0 spiro atoms. The number of anilines is 2. The summed E-state index contributed by atoms with van der Waals surface area (Å²) in [6.45, 7) is 1.05. The first-order chi connectivity index (χ1) is 23.3. The number of para-hydroxylation sites is 2. The lowest BCUT2D eigenvalue weighted by molar-refractivity contribution is 0.306. The van der Waals surface area contributed by atoms with E-state index in [9.17, 15) is 0 Å². The number of hydrogen-bond acceptors (Lipinski definition) is 4. The van der Waals surface area contributed by atoms with E-state index >= 15 is 0 Å². The fourth-order valence-electron chi connectivity index (χ4n) is 5.03. The average molecular weight is 613 g/mol. The summed E-state index contributed by atoms with van der Waals surface area (Å²) in [4.78, 5) is 0. The second-order valence-electron chi connectivity index (χ2n) is 10.8. The summed E-state index contributed by atoms with van der Waals surface area (Å²) in [5, 5.41) is 6.71. The van der Waals surface area contributed by atoms with Gasteiger partial charge in [-0.25, -0.2) is 5.01 Å². The molecule has 6 aromatic carbocycles. The Morgan fingerprint density at radius 3 is 1.30 bits per heavy atom. The fraction of sp³-hybridized carbons (Fsp3) is 0.0465. The monoisotopic (exact) mass is 612 g/mol. The number of nitrogens with zero attached hydrogens (tertiary/aromatic N) is 2. The first-order valence-corrected chi connectivity index (χ1v) is 15.7. The highest BCUT2D eigenvalue weighted by atomic mass is 16.5. The first kappa shape index (κ1) is 30.9. The smallest absolute Gasteiger partial charge is 0.119 e. The van der Waals surface area contributed by atoms with Crippen molar-refractivity contribution >= 4 is 23.2 Å². The third kappa shape index (κ3) is 8.96. The Kier molecular flexibility index (Phi) is 10.7. The summed E-state index contributed by atoms with van der Waals surface area (Å²) in [5.74, 6) is 1.65. The largest absolute Gasteiger partial charge is 0.489 e. The normalized spacial score (nSPS) is 11.0. The summed E-state index contributed by atoms with van der Waals surface area (Å²) in [6.07, 6.45) is 7.90. The number of ether oxygens (including phenoxy) is 2. The molecule has 47 heavy (non-hydrogen) atoms. The van der Waals surface area contributed by atoms with Gasteiger partial charge in [-0.3, -0.25) is 0 Å². The third-order valence-electron chi connectivity index (χ3n) is 7.47. The molecule has 0 amide bonds. The van der Waals surface area contributed by atoms with Crippen molar-refractivity contribution in [2.24, 2.45) is 5.10 Å². The molecular weight excluding hydrogens is 576 g/mol. The number of rotatable bonds is 13. The zero-order chi connectivity index (χ0) is 31.9. The molecule has 0 radical (unpaired) electrons. The van der Waals surface area contributed by atoms with Crippen LogP contribution < -0.4 is 14.5 Å². The minimum Gasteiger partial charge on any atom is -0.489 e. The van der Waals surface area contributed by atoms with Crippen LogP contribution in [0.3, 0.4) is 0 Å². The molecule has 0 N–H and O–H groups in total. The number of hydrazone groups is 1. The highest BCUT2D eigenvalue weighted by molar-refractivity contribution is 5.82. The van der Waals surface area contributed by atoms with Crippen LogP contribution in [0.15, 0.2) is 193 Å². The van der Waals surface area contributed by atoms with Crippen molar-refractivity contribution in [1.82, 2.24) is 0 Å². The summed E-state index contributed by atoms with van der Waals surface area (Å²) in [5.41, 5.74) is 7.47. The predicted molar refractivity (Wildman–Crippen MR) is 194 cm³/mol. The molecule has 0 unspecified atom stereocenters. The van der Waals surface area contributed by atoms with Gasteiger partial charge in [0.25, 0.3) is 0 Å². The van der Waals surface area contributed by atoms with Gasteiger partial charge in [0.1, 0.15) is 24.7 Å². The van der Waals surface area contributed by atoms with Gasteiger partial charge >= 0.3 is 0 Å². The van der Waals surface area contributed by atoms with Gasteiger partial charge in [0.15, 0.2) is 0 Å². The van der Waals surface area contributed by atoms with E-state index in [0.717, 1.165) is 50.7 Å². The molecule has 0 aliphatic heterocycles. The topological polar surface area (TPSA) is 34.1 Å². The van der Waals surface area contributed by atoms with E-state index in [1.54, 1.807) is 0 Å². The Bertz CT molecular complexity index is 1760. The molecule has 0 aromatic heterocycles. The van der Waals surface area contributed by atoms with Crippen LogP contribution in [0.5, 0.6) is 11.5 Å². The summed E-state index contributed by atoms with van der Waals surface area (Å²) >= 11 is 0. The van der Waals surface area contributed by atoms with Crippen LogP contribution in [-0.2, 0) is 13.2 Å². The molecule has 0 heterocycles. The van der Waals surface area contributed by atoms with Crippen LogP contribution in [0.2, 0.25) is 0 Å². The Balaban J connectivity index is 1.22. The van der Waals surface area contributed by atoms with Crippen LogP contribution in [0.25, 0.3) is 5.57 Å². The first-order valence-electron chi connectivity index (χ1n) is 15.7. The van der Waals surface area contributed by atoms with Gasteiger partial charge in [-0.1, -0.05) is 133 Å². The van der Waals surface area contributed by atoms with E-state index in [4.69, 9.17) is 14.6 Å². The summed E-state index contributed by atoms with van der Waals surface area (Å²) < 4.78 is 12.1. The Morgan fingerprint density at radius 2 is 0.872 bits per heavy atom. The molecule has 6 aromatic rings. The number of benzene rings is 6. The summed E-state index contributed by atoms with van der Waals surface area (Å²) in [6, 6.07) is 57.1. The van der Waals surface area contributed by atoms with Crippen molar-refractivity contribution in [3.63, 3.8) is 0 Å². The Labute approximate surface area is 277 Å². The van der Waals surface area contributed by atoms with Crippen molar-refractivity contribution in [1.29, 1.82) is 0 Å². The molecule has 4 nitrogen and oxygen atoms in total. The minimum absolute atomic E-state index is 0.526. The average Bonchev–Trinajstić information content (AvgIpc) is 3.15. The van der Waals surface area contributed by atoms with E-state index in [1.807, 2.05) is 145 Å². The lowest BCUT2D eigenvalue weighted by Crippen LogP contribution is -2.08. The SMILES string of the molecule is C(=CC=C(c1ccc(OCc2ccccc2)cc1)c1ccc(OCc2ccccc2)cc1)C=NN(c1ccccc1)c1ccccc1. The van der Waals surface area contributed by atoms with Crippen molar-refractivity contribution in [2.45, 2.75) is 13.2 Å². The quantitative estimate of drug-likeness (QED) is 0.0739. The van der Waals surface area contributed by atoms with Gasteiger partial charge in [0, 0.05) is 6.21 Å². The van der Waals surface area contributed by atoms with Gasteiger partial charge in [-0.15, -0.1) is 0 Å². The van der Waals surface area contributed by atoms with E-state index in [0.29, 0.717) is 13.2 Å². The second-order valence-corrected chi connectivity index (χ2v) is 10.8. The molecular formula is C43H36N2O2. The van der Waals surface area contributed by atoms with Crippen LogP contribution >= 0.6 is 0 Å². The lowest BCUT2D eigenvalue weighted by Gasteiger charge is -2.18. The van der Waals surface area contributed by atoms with Crippen LogP contribution in [0.1, 0.15) is 22.3 Å². The van der Waals surface area contributed by atoms with Crippen molar-refractivity contribution < 1.29 is 9.47 Å². The fourth-order valence-corrected chi connectivity index (χ4v) is 5.03. The number of hydrogen-bond donors (Lipinski definition) is 0. The van der Waals surface area contributed by atoms with E-state index in [-0.39, 0.29) is 0 Å². The maximum atomic E-state index is 6.05. The molecule has 230 valence electrons. The van der Waals surface area contributed by atoms with Gasteiger partial charge < -0.3 is 9.47 Å². The zero-order valence-corrected chi connectivity index (χ0v) is 26.1. The maximum absolute atomic E-state index is 6.05. The molecule has 0 fully saturated rings. The van der Waals surface area contributed by atoms with Crippen LogP contribution in [0, 0.1) is 0 Å². The predicted octanol–water partition coefficient (Wildman–Crippen LogP) is 10.7. The molecule has 0 saturated heterocycles. The number of allylic oxidation sites excluding steroid dienone is 3. The van der Waals surface area contributed by atoms with Crippen LogP contribution in [-0.4, -0.2) is 6.21 Å². The highest BCUT2D eigenvalue weighted by Gasteiger charge is 2.08. The Morgan fingerprint density at radius 1 is 0.468 bits per heavy atom. The standard InChI is InChI=1S/C43H36N2O2/c1-5-15-35(16-6-1)33-46-41-28-24-37(25-29-41)43(38-26-30-42(31-27-38)47-34-36-17-7-2-8-18-36)23-13-14-32-44-45(39-19-9-3-10-20-39)40-21-11-4-12-22-40/h1-32H,33-34H2. The van der Waals surface area contributed by atoms with Gasteiger partial charge in [-0.05, 0) is 82.4 Å². The van der Waals surface area contributed by atoms with Crippen LogP contribution in [0.4, 0.5) is 11.4 Å². The highest BCUT2D eigenvalue weighted by Crippen LogP contribution is 2.28. The molecule has 0 bridgehead atoms. The van der Waals surface area contributed by atoms with Crippen molar-refractivity contribution in [3.8, 4) is 11.5 Å². The van der Waals surface area contributed by atoms with Gasteiger partial charge in [0.05, 0.1) is 11.4 Å².